The van der Waals surface area contributed by atoms with Crippen molar-refractivity contribution in [2.24, 2.45) is 5.92 Å². The van der Waals surface area contributed by atoms with Crippen LogP contribution < -0.4 is 0 Å². The summed E-state index contributed by atoms with van der Waals surface area (Å²) in [6.07, 6.45) is 0. The standard InChI is InChI=1S/C12H24N2O2/c1-12(10-13-2-6-15-7-3-13)11-14-4-8-16-9-5-14/h12H,2-11H2,1H3. The summed E-state index contributed by atoms with van der Waals surface area (Å²) < 4.78 is 10.7. The minimum absolute atomic E-state index is 0.746. The molecule has 0 aromatic heterocycles. The molecule has 0 aromatic carbocycles. The Morgan fingerprint density at radius 3 is 1.56 bits per heavy atom. The van der Waals surface area contributed by atoms with Crippen molar-refractivity contribution in [3.05, 3.63) is 0 Å². The Kier molecular flexibility index (Phi) is 5.03. The number of rotatable bonds is 4. The quantitative estimate of drug-likeness (QED) is 0.690. The van der Waals surface area contributed by atoms with Crippen LogP contribution >= 0.6 is 0 Å². The molecule has 2 saturated heterocycles. The largest absolute Gasteiger partial charge is 0.379 e. The highest BCUT2D eigenvalue weighted by molar-refractivity contribution is 4.70. The summed E-state index contributed by atoms with van der Waals surface area (Å²) in [6.45, 7) is 12.8. The fraction of sp³-hybridized carbons (Fsp3) is 1.00. The summed E-state index contributed by atoms with van der Waals surface area (Å²) >= 11 is 0. The molecule has 4 heteroatoms. The summed E-state index contributed by atoms with van der Waals surface area (Å²) in [5, 5.41) is 0. The third kappa shape index (κ3) is 4.01. The summed E-state index contributed by atoms with van der Waals surface area (Å²) in [7, 11) is 0. The lowest BCUT2D eigenvalue weighted by molar-refractivity contribution is 0.0144. The molecule has 0 unspecified atom stereocenters. The van der Waals surface area contributed by atoms with Gasteiger partial charge in [0.2, 0.25) is 0 Å². The number of morpholine rings is 2. The van der Waals surface area contributed by atoms with Crippen LogP contribution in [-0.2, 0) is 9.47 Å². The number of nitrogens with zero attached hydrogens (tertiary/aromatic N) is 2. The molecule has 2 fully saturated rings. The Labute approximate surface area is 98.5 Å². The molecule has 2 aliphatic heterocycles. The highest BCUT2D eigenvalue weighted by Gasteiger charge is 2.17. The Balaban J connectivity index is 1.64. The minimum Gasteiger partial charge on any atom is -0.379 e. The zero-order chi connectivity index (χ0) is 11.2. The number of hydrogen-bond donors (Lipinski definition) is 0. The van der Waals surface area contributed by atoms with Crippen LogP contribution in [0.1, 0.15) is 6.92 Å². The van der Waals surface area contributed by atoms with E-state index < -0.39 is 0 Å². The van der Waals surface area contributed by atoms with E-state index in [1.165, 1.54) is 13.1 Å². The van der Waals surface area contributed by atoms with Crippen LogP contribution in [0.4, 0.5) is 0 Å². The minimum atomic E-state index is 0.746. The van der Waals surface area contributed by atoms with Crippen molar-refractivity contribution >= 4 is 0 Å². The van der Waals surface area contributed by atoms with E-state index in [4.69, 9.17) is 9.47 Å². The van der Waals surface area contributed by atoms with Crippen molar-refractivity contribution < 1.29 is 9.47 Å². The SMILES string of the molecule is CC(CN1CCOCC1)CN1CCOCC1. The van der Waals surface area contributed by atoms with Gasteiger partial charge in [0.05, 0.1) is 26.4 Å². The van der Waals surface area contributed by atoms with Crippen LogP contribution in [0.5, 0.6) is 0 Å². The monoisotopic (exact) mass is 228 g/mol. The molecule has 0 N–H and O–H groups in total. The van der Waals surface area contributed by atoms with Gasteiger partial charge in [0, 0.05) is 39.3 Å². The van der Waals surface area contributed by atoms with E-state index in [0.717, 1.165) is 58.5 Å². The van der Waals surface area contributed by atoms with Gasteiger partial charge in [-0.25, -0.2) is 0 Å². The van der Waals surface area contributed by atoms with Crippen LogP contribution in [0, 0.1) is 5.92 Å². The van der Waals surface area contributed by atoms with Crippen LogP contribution in [-0.4, -0.2) is 75.5 Å². The van der Waals surface area contributed by atoms with E-state index in [2.05, 4.69) is 16.7 Å². The second kappa shape index (κ2) is 6.55. The summed E-state index contributed by atoms with van der Waals surface area (Å²) in [6, 6.07) is 0. The van der Waals surface area contributed by atoms with Gasteiger partial charge in [-0.15, -0.1) is 0 Å². The maximum atomic E-state index is 5.36. The Morgan fingerprint density at radius 1 is 0.812 bits per heavy atom. The lowest BCUT2D eigenvalue weighted by Gasteiger charge is -2.33. The summed E-state index contributed by atoms with van der Waals surface area (Å²) in [5.41, 5.74) is 0. The molecule has 0 spiro atoms. The van der Waals surface area contributed by atoms with Crippen LogP contribution in [0.3, 0.4) is 0 Å². The third-order valence-corrected chi connectivity index (χ3v) is 3.35. The van der Waals surface area contributed by atoms with Gasteiger partial charge in [-0.3, -0.25) is 9.80 Å². The second-order valence-corrected chi connectivity index (χ2v) is 4.93. The van der Waals surface area contributed by atoms with Crippen molar-refractivity contribution in [2.75, 3.05) is 65.7 Å². The van der Waals surface area contributed by atoms with Gasteiger partial charge in [0.25, 0.3) is 0 Å². The van der Waals surface area contributed by atoms with Gasteiger partial charge in [-0.1, -0.05) is 6.92 Å². The van der Waals surface area contributed by atoms with Crippen molar-refractivity contribution in [3.8, 4) is 0 Å². The van der Waals surface area contributed by atoms with E-state index in [1.807, 2.05) is 0 Å². The van der Waals surface area contributed by atoms with Gasteiger partial charge >= 0.3 is 0 Å². The highest BCUT2D eigenvalue weighted by atomic mass is 16.5. The van der Waals surface area contributed by atoms with E-state index in [1.54, 1.807) is 0 Å². The van der Waals surface area contributed by atoms with Gasteiger partial charge in [0.15, 0.2) is 0 Å². The molecular weight excluding hydrogens is 204 g/mol. The fourth-order valence-corrected chi connectivity index (χ4v) is 2.51. The van der Waals surface area contributed by atoms with Crippen LogP contribution in [0.2, 0.25) is 0 Å². The zero-order valence-corrected chi connectivity index (χ0v) is 10.4. The lowest BCUT2D eigenvalue weighted by atomic mass is 10.1. The molecule has 2 heterocycles. The highest BCUT2D eigenvalue weighted by Crippen LogP contribution is 2.07. The predicted molar refractivity (Wildman–Crippen MR) is 63.7 cm³/mol. The van der Waals surface area contributed by atoms with Gasteiger partial charge in [-0.2, -0.15) is 0 Å². The van der Waals surface area contributed by atoms with Crippen molar-refractivity contribution in [2.45, 2.75) is 6.92 Å². The number of hydrogen-bond acceptors (Lipinski definition) is 4. The topological polar surface area (TPSA) is 24.9 Å². The first-order chi connectivity index (χ1) is 7.84. The second-order valence-electron chi connectivity index (χ2n) is 4.93. The predicted octanol–water partition coefficient (Wildman–Crippen LogP) is 0.287. The average molecular weight is 228 g/mol. The molecule has 0 amide bonds. The van der Waals surface area contributed by atoms with Gasteiger partial charge in [0.1, 0.15) is 0 Å². The molecule has 0 saturated carbocycles. The van der Waals surface area contributed by atoms with Crippen molar-refractivity contribution in [1.82, 2.24) is 9.80 Å². The first kappa shape index (κ1) is 12.3. The molecule has 4 nitrogen and oxygen atoms in total. The molecule has 2 rings (SSSR count). The van der Waals surface area contributed by atoms with Crippen LogP contribution in [0.15, 0.2) is 0 Å². The number of ether oxygens (including phenoxy) is 2. The van der Waals surface area contributed by atoms with Crippen LogP contribution in [0.25, 0.3) is 0 Å². The summed E-state index contributed by atoms with van der Waals surface area (Å²) in [5.74, 6) is 0.746. The molecular formula is C12H24N2O2. The van der Waals surface area contributed by atoms with E-state index in [9.17, 15) is 0 Å². The van der Waals surface area contributed by atoms with Crippen molar-refractivity contribution in [1.29, 1.82) is 0 Å². The zero-order valence-electron chi connectivity index (χ0n) is 10.4. The smallest absolute Gasteiger partial charge is 0.0594 e. The Morgan fingerprint density at radius 2 is 1.19 bits per heavy atom. The average Bonchev–Trinajstić information content (AvgIpc) is 2.31. The molecule has 0 aromatic rings. The fourth-order valence-electron chi connectivity index (χ4n) is 2.51. The van der Waals surface area contributed by atoms with E-state index >= 15 is 0 Å². The normalized spacial score (nSPS) is 25.1. The first-order valence-electron chi connectivity index (χ1n) is 6.45. The molecule has 94 valence electrons. The molecule has 0 aliphatic carbocycles. The maximum Gasteiger partial charge on any atom is 0.0594 e. The lowest BCUT2D eigenvalue weighted by Crippen LogP contribution is -2.44. The van der Waals surface area contributed by atoms with Crippen molar-refractivity contribution in [3.63, 3.8) is 0 Å². The van der Waals surface area contributed by atoms with Gasteiger partial charge in [-0.05, 0) is 5.92 Å². The molecule has 2 aliphatic rings. The summed E-state index contributed by atoms with van der Waals surface area (Å²) in [4.78, 5) is 5.04. The van der Waals surface area contributed by atoms with E-state index in [0.29, 0.717) is 0 Å². The van der Waals surface area contributed by atoms with E-state index in [-0.39, 0.29) is 0 Å². The molecule has 16 heavy (non-hydrogen) atoms. The first-order valence-corrected chi connectivity index (χ1v) is 6.45. The Hall–Kier alpha value is -0.160. The van der Waals surface area contributed by atoms with Gasteiger partial charge < -0.3 is 9.47 Å². The molecule has 0 atom stereocenters. The Bertz CT molecular complexity index is 169. The third-order valence-electron chi connectivity index (χ3n) is 3.35. The molecule has 0 bridgehead atoms. The maximum absolute atomic E-state index is 5.36. The molecule has 0 radical (unpaired) electrons.